The summed E-state index contributed by atoms with van der Waals surface area (Å²) in [7, 11) is -8.23. The molecule has 10 nitrogen and oxygen atoms in total. The Hall–Kier alpha value is -2.54. The van der Waals surface area contributed by atoms with Gasteiger partial charge in [0.1, 0.15) is 0 Å². The molecule has 0 bridgehead atoms. The van der Waals surface area contributed by atoms with Crippen LogP contribution >= 0.6 is 0 Å². The lowest BCUT2D eigenvalue weighted by atomic mass is 9.82. The number of pyridine rings is 1. The smallest absolute Gasteiger partial charge is 0.340 e. The molecule has 1 saturated heterocycles. The molecule has 1 fully saturated rings. The molecule has 244 valence electrons. The molecule has 2 aromatic rings. The molecule has 2 aliphatic rings. The number of anilines is 1. The van der Waals surface area contributed by atoms with Gasteiger partial charge in [-0.1, -0.05) is 32.0 Å². The minimum atomic E-state index is -4.17. The Bertz CT molecular complexity index is 1630. The van der Waals surface area contributed by atoms with Gasteiger partial charge in [-0.15, -0.1) is 0 Å². The summed E-state index contributed by atoms with van der Waals surface area (Å²) in [5.74, 6) is -0.769. The predicted molar refractivity (Wildman–Crippen MR) is 171 cm³/mol. The summed E-state index contributed by atoms with van der Waals surface area (Å²) in [5.41, 5.74) is 2.52. The first-order valence-electron chi connectivity index (χ1n) is 15.1. The second kappa shape index (κ2) is 12.3. The zero-order valence-electron chi connectivity index (χ0n) is 27.4. The number of esters is 1. The lowest BCUT2D eigenvalue weighted by Crippen LogP contribution is -2.40. The first-order valence-corrected chi connectivity index (χ1v) is 18.9. The maximum atomic E-state index is 13.9. The van der Waals surface area contributed by atoms with E-state index in [1.165, 1.54) is 0 Å². The van der Waals surface area contributed by atoms with E-state index in [2.05, 4.69) is 24.1 Å². The van der Waals surface area contributed by atoms with Gasteiger partial charge < -0.3 is 19.7 Å². The second-order valence-corrected chi connectivity index (χ2v) is 17.9. The number of nitrogens with zero attached hydrogens (tertiary/aromatic N) is 2. The lowest BCUT2D eigenvalue weighted by Gasteiger charge is -2.41. The Balaban J connectivity index is 2.21. The molecule has 1 aromatic heterocycles. The molecule has 0 saturated carbocycles. The van der Waals surface area contributed by atoms with Crippen LogP contribution in [0.3, 0.4) is 0 Å². The molecule has 4 rings (SSSR count). The normalized spacial score (nSPS) is 18.2. The van der Waals surface area contributed by atoms with Crippen molar-refractivity contribution in [3.8, 4) is 11.1 Å². The van der Waals surface area contributed by atoms with Crippen molar-refractivity contribution in [2.45, 2.75) is 102 Å². The van der Waals surface area contributed by atoms with Crippen molar-refractivity contribution in [3.63, 3.8) is 0 Å². The van der Waals surface area contributed by atoms with Crippen molar-refractivity contribution in [1.82, 2.24) is 10.3 Å². The van der Waals surface area contributed by atoms with Crippen LogP contribution in [0.5, 0.6) is 0 Å². The molecule has 1 aromatic carbocycles. The summed E-state index contributed by atoms with van der Waals surface area (Å²) in [6, 6.07) is 5.78. The van der Waals surface area contributed by atoms with E-state index in [9.17, 15) is 21.6 Å². The molecular weight excluding hydrogens is 603 g/mol. The van der Waals surface area contributed by atoms with E-state index in [1.807, 2.05) is 23.1 Å². The fourth-order valence-electron chi connectivity index (χ4n) is 5.76. The van der Waals surface area contributed by atoms with Gasteiger partial charge >= 0.3 is 5.97 Å². The molecule has 0 spiro atoms. The highest BCUT2D eigenvalue weighted by Gasteiger charge is 2.42. The van der Waals surface area contributed by atoms with Crippen molar-refractivity contribution >= 4 is 31.3 Å². The summed E-state index contributed by atoms with van der Waals surface area (Å²) in [5, 5.41) is 2.51. The molecule has 3 heterocycles. The zero-order chi connectivity index (χ0) is 32.8. The van der Waals surface area contributed by atoms with Gasteiger partial charge in [0.05, 0.1) is 23.0 Å². The first-order chi connectivity index (χ1) is 20.2. The Morgan fingerprint density at radius 1 is 1.00 bits per heavy atom. The van der Waals surface area contributed by atoms with E-state index in [0.29, 0.717) is 30.9 Å². The highest BCUT2D eigenvalue weighted by Crippen LogP contribution is 2.47. The monoisotopic (exact) mass is 649 g/mol. The maximum absolute atomic E-state index is 13.9. The summed E-state index contributed by atoms with van der Waals surface area (Å²) in [4.78, 5) is 20.3. The van der Waals surface area contributed by atoms with Crippen LogP contribution in [0.15, 0.2) is 28.3 Å². The van der Waals surface area contributed by atoms with E-state index in [-0.39, 0.29) is 21.6 Å². The van der Waals surface area contributed by atoms with Crippen LogP contribution in [0.4, 0.5) is 5.69 Å². The number of rotatable bonds is 8. The van der Waals surface area contributed by atoms with Crippen molar-refractivity contribution in [2.75, 3.05) is 37.0 Å². The molecule has 0 amide bonds. The standard InChI is InChI=1S/C32H47N3O7S2/c1-20(2)41-30(36)27(42-31(3,4)5)25-26(35-16-13-32(6,7)14-17-35)24(22-10-11-23-19-33-15-12-21(23)18-22)28(43(8,37)38)34-29(25)44(9,39)40/h10-11,18,20,27,33H,12-17,19H2,1-9H3. The Kier molecular flexibility index (Phi) is 9.63. The molecule has 44 heavy (non-hydrogen) atoms. The third-order valence-corrected chi connectivity index (χ3v) is 9.97. The molecule has 12 heteroatoms. The molecule has 1 N–H and O–H groups in total. The number of carbonyl (C=O) groups excluding carboxylic acids is 1. The van der Waals surface area contributed by atoms with Crippen LogP contribution in [0.2, 0.25) is 0 Å². The number of piperidine rings is 1. The van der Waals surface area contributed by atoms with Crippen molar-refractivity contribution in [1.29, 1.82) is 0 Å². The van der Waals surface area contributed by atoms with Gasteiger partial charge in [-0.25, -0.2) is 26.6 Å². The minimum absolute atomic E-state index is 0.00886. The Morgan fingerprint density at radius 2 is 1.61 bits per heavy atom. The number of nitrogens with one attached hydrogen (secondary N) is 1. The van der Waals surface area contributed by atoms with Crippen LogP contribution in [-0.4, -0.2) is 71.6 Å². The van der Waals surface area contributed by atoms with Gasteiger partial charge in [-0.05, 0) is 82.5 Å². The van der Waals surface area contributed by atoms with E-state index in [4.69, 9.17) is 9.47 Å². The minimum Gasteiger partial charge on any atom is -0.461 e. The SMILES string of the molecule is CC(C)OC(=O)C(OC(C)(C)C)c1c(S(C)(=O)=O)nc(S(C)(=O)=O)c(-c2ccc3c(c2)CCNC3)c1N1CCC(C)(C)CC1. The van der Waals surface area contributed by atoms with E-state index < -0.39 is 48.5 Å². The summed E-state index contributed by atoms with van der Waals surface area (Å²) >= 11 is 0. The quantitative estimate of drug-likeness (QED) is 0.404. The largest absolute Gasteiger partial charge is 0.461 e. The number of fused-ring (bicyclic) bond motifs is 1. The summed E-state index contributed by atoms with van der Waals surface area (Å²) < 4.78 is 66.1. The number of carbonyl (C=O) groups is 1. The van der Waals surface area contributed by atoms with E-state index >= 15 is 0 Å². The second-order valence-electron chi connectivity index (χ2n) is 14.1. The predicted octanol–water partition coefficient (Wildman–Crippen LogP) is 4.64. The number of benzene rings is 1. The van der Waals surface area contributed by atoms with Crippen LogP contribution in [0, 0.1) is 5.41 Å². The number of aromatic nitrogens is 1. The Labute approximate surface area is 262 Å². The van der Waals surface area contributed by atoms with Crippen LogP contribution < -0.4 is 10.2 Å². The van der Waals surface area contributed by atoms with E-state index in [1.54, 1.807) is 34.6 Å². The fourth-order valence-corrected chi connectivity index (χ4v) is 7.52. The average Bonchev–Trinajstić information content (AvgIpc) is 2.88. The maximum Gasteiger partial charge on any atom is 0.340 e. The highest BCUT2D eigenvalue weighted by molar-refractivity contribution is 7.91. The van der Waals surface area contributed by atoms with Gasteiger partial charge in [0.25, 0.3) is 0 Å². The lowest BCUT2D eigenvalue weighted by molar-refractivity contribution is -0.171. The van der Waals surface area contributed by atoms with Gasteiger partial charge in [0.15, 0.2) is 35.8 Å². The number of hydrogen-bond acceptors (Lipinski definition) is 10. The third kappa shape index (κ3) is 7.81. The van der Waals surface area contributed by atoms with Crippen molar-refractivity contribution in [2.24, 2.45) is 5.41 Å². The fraction of sp³-hybridized carbons (Fsp3) is 0.625. The van der Waals surface area contributed by atoms with Crippen molar-refractivity contribution < 1.29 is 31.1 Å². The highest BCUT2D eigenvalue weighted by atomic mass is 32.2. The van der Waals surface area contributed by atoms with Crippen LogP contribution in [0.25, 0.3) is 11.1 Å². The Morgan fingerprint density at radius 3 is 2.16 bits per heavy atom. The number of hydrogen-bond donors (Lipinski definition) is 1. The molecule has 0 aliphatic carbocycles. The molecule has 0 radical (unpaired) electrons. The van der Waals surface area contributed by atoms with Crippen LogP contribution in [-0.2, 0) is 46.9 Å². The average molecular weight is 650 g/mol. The number of sulfone groups is 2. The van der Waals surface area contributed by atoms with Gasteiger partial charge in [0.2, 0.25) is 0 Å². The molecule has 1 unspecified atom stereocenters. The number of ether oxygens (including phenoxy) is 2. The van der Waals surface area contributed by atoms with Crippen LogP contribution in [0.1, 0.15) is 84.1 Å². The third-order valence-electron chi connectivity index (χ3n) is 7.96. The van der Waals surface area contributed by atoms with Gasteiger partial charge in [0, 0.05) is 37.7 Å². The molecule has 2 aliphatic heterocycles. The molecule has 1 atom stereocenters. The molecular formula is C32H47N3O7S2. The van der Waals surface area contributed by atoms with Crippen molar-refractivity contribution in [3.05, 3.63) is 34.9 Å². The van der Waals surface area contributed by atoms with Gasteiger partial charge in [-0.3, -0.25) is 0 Å². The zero-order valence-corrected chi connectivity index (χ0v) is 29.0. The first kappa shape index (κ1) is 34.3. The summed E-state index contributed by atoms with van der Waals surface area (Å²) in [6.45, 7) is 15.6. The topological polar surface area (TPSA) is 132 Å². The van der Waals surface area contributed by atoms with Gasteiger partial charge in [-0.2, -0.15) is 0 Å². The summed E-state index contributed by atoms with van der Waals surface area (Å²) in [6.07, 6.45) is 2.30. The van der Waals surface area contributed by atoms with E-state index in [0.717, 1.165) is 49.4 Å².